The van der Waals surface area contributed by atoms with Crippen LogP contribution >= 0.6 is 0 Å². The summed E-state index contributed by atoms with van der Waals surface area (Å²) in [5.41, 5.74) is -0.0792. The minimum atomic E-state index is -3.64. The largest absolute Gasteiger partial charge is 0.507 e. The van der Waals surface area contributed by atoms with Crippen LogP contribution in [0.1, 0.15) is 39.2 Å². The van der Waals surface area contributed by atoms with Crippen molar-refractivity contribution < 1.29 is 28.4 Å². The maximum Gasteiger partial charge on any atom is 0.443 e. The number of hydrogen-bond acceptors (Lipinski definition) is 6. The third kappa shape index (κ3) is 4.78. The first kappa shape index (κ1) is 21.2. The van der Waals surface area contributed by atoms with E-state index in [0.717, 1.165) is 5.56 Å². The highest BCUT2D eigenvalue weighted by Crippen LogP contribution is 2.34. The van der Waals surface area contributed by atoms with Crippen LogP contribution in [0.15, 0.2) is 27.5 Å². The number of carbonyl (C=O) groups excluding carboxylic acids is 2. The molecule has 0 aromatic heterocycles. The summed E-state index contributed by atoms with van der Waals surface area (Å²) in [6.07, 6.45) is -0.0316. The molecule has 1 aliphatic rings. The highest BCUT2D eigenvalue weighted by Gasteiger charge is 2.41. The number of methoxy groups -OCH3 is 1. The molecular weight excluding hydrogens is 372 g/mol. The van der Waals surface area contributed by atoms with E-state index in [4.69, 9.17) is 9.47 Å². The second-order valence-electron chi connectivity index (χ2n) is 7.36. The van der Waals surface area contributed by atoms with Gasteiger partial charge in [0.2, 0.25) is 0 Å². The van der Waals surface area contributed by atoms with Crippen molar-refractivity contribution in [2.45, 2.75) is 57.1 Å². The van der Waals surface area contributed by atoms with Gasteiger partial charge in [0.25, 0.3) is 0 Å². The Morgan fingerprint density at radius 3 is 2.56 bits per heavy atom. The lowest BCUT2D eigenvalue weighted by atomic mass is 10.2. The standard InChI is InChI=1S/C18H26N2O6S/c1-12-8-9-15(14(21)11-12)27(24,19-17(23)26-18(2,3)4)20-10-6-7-13(20)16(22)25-5/h8-9,11,13,21H,6-7,10H2,1-5H3/t13-,27-/m0/s1. The van der Waals surface area contributed by atoms with Crippen molar-refractivity contribution in [3.63, 3.8) is 0 Å². The fourth-order valence-electron chi connectivity index (χ4n) is 2.87. The molecule has 2 atom stereocenters. The molecule has 0 saturated carbocycles. The molecule has 1 fully saturated rings. The van der Waals surface area contributed by atoms with E-state index < -0.39 is 33.6 Å². The van der Waals surface area contributed by atoms with E-state index in [1.807, 2.05) is 0 Å². The minimum absolute atomic E-state index is 0.0326. The number of ether oxygens (including phenoxy) is 2. The van der Waals surface area contributed by atoms with E-state index >= 15 is 0 Å². The predicted octanol–water partition coefficient (Wildman–Crippen LogP) is 3.02. The number of hydrogen-bond donors (Lipinski definition) is 1. The van der Waals surface area contributed by atoms with Gasteiger partial charge in [-0.05, 0) is 58.2 Å². The number of aromatic hydroxyl groups is 1. The van der Waals surface area contributed by atoms with E-state index in [9.17, 15) is 18.9 Å². The summed E-state index contributed by atoms with van der Waals surface area (Å²) in [5.74, 6) is -0.825. The first-order valence-corrected chi connectivity index (χ1v) is 10.1. The molecule has 1 aliphatic heterocycles. The lowest BCUT2D eigenvalue weighted by molar-refractivity contribution is -0.144. The third-order valence-corrected chi connectivity index (χ3v) is 6.38. The van der Waals surface area contributed by atoms with Gasteiger partial charge in [0.1, 0.15) is 22.3 Å². The molecular formula is C18H26N2O6S. The van der Waals surface area contributed by atoms with Crippen LogP contribution in [0.25, 0.3) is 0 Å². The number of aryl methyl sites for hydroxylation is 1. The van der Waals surface area contributed by atoms with Gasteiger partial charge in [-0.25, -0.2) is 9.00 Å². The van der Waals surface area contributed by atoms with E-state index in [-0.39, 0.29) is 17.2 Å². The summed E-state index contributed by atoms with van der Waals surface area (Å²) in [7, 11) is -2.39. The number of nitrogens with zero attached hydrogens (tertiary/aromatic N) is 2. The molecule has 1 amide bonds. The molecule has 150 valence electrons. The van der Waals surface area contributed by atoms with Crippen molar-refractivity contribution >= 4 is 22.0 Å². The quantitative estimate of drug-likeness (QED) is 0.785. The Hall–Kier alpha value is -2.13. The van der Waals surface area contributed by atoms with Crippen molar-refractivity contribution in [1.29, 1.82) is 0 Å². The van der Waals surface area contributed by atoms with Gasteiger partial charge in [-0.2, -0.15) is 4.31 Å². The zero-order valence-corrected chi connectivity index (χ0v) is 17.0. The number of benzene rings is 1. The fraction of sp³-hybridized carbons (Fsp3) is 0.556. The van der Waals surface area contributed by atoms with Gasteiger partial charge in [0.15, 0.2) is 9.92 Å². The molecule has 0 unspecified atom stereocenters. The summed E-state index contributed by atoms with van der Waals surface area (Å²) < 4.78 is 29.1. The van der Waals surface area contributed by atoms with Crippen LogP contribution in [0.5, 0.6) is 5.75 Å². The summed E-state index contributed by atoms with van der Waals surface area (Å²) in [6, 6.07) is 3.72. The second kappa shape index (κ2) is 7.85. The van der Waals surface area contributed by atoms with Crippen LogP contribution in [0.4, 0.5) is 4.79 Å². The SMILES string of the molecule is COC(=O)[C@@H]1CCCN1[S@@](=O)(=NC(=O)OC(C)(C)C)c1ccc(C)cc1O. The Kier molecular flexibility index (Phi) is 6.16. The molecule has 1 aromatic rings. The fourth-order valence-corrected chi connectivity index (χ4v) is 5.05. The summed E-state index contributed by atoms with van der Waals surface area (Å²) >= 11 is 0. The molecule has 1 saturated heterocycles. The molecule has 1 heterocycles. The first-order chi connectivity index (χ1) is 12.5. The van der Waals surface area contributed by atoms with Crippen LogP contribution in [0.3, 0.4) is 0 Å². The number of amides is 1. The van der Waals surface area contributed by atoms with E-state index in [1.54, 1.807) is 33.8 Å². The highest BCUT2D eigenvalue weighted by molar-refractivity contribution is 7.91. The molecule has 1 aromatic carbocycles. The third-order valence-electron chi connectivity index (χ3n) is 3.99. The molecule has 9 heteroatoms. The van der Waals surface area contributed by atoms with E-state index in [1.165, 1.54) is 23.5 Å². The molecule has 27 heavy (non-hydrogen) atoms. The Balaban J connectivity index is 2.63. The van der Waals surface area contributed by atoms with Crippen molar-refractivity contribution in [3.8, 4) is 5.75 Å². The zero-order valence-electron chi connectivity index (χ0n) is 16.2. The predicted molar refractivity (Wildman–Crippen MR) is 99.7 cm³/mol. The molecule has 0 bridgehead atoms. The molecule has 2 rings (SSSR count). The molecule has 8 nitrogen and oxygen atoms in total. The van der Waals surface area contributed by atoms with Gasteiger partial charge < -0.3 is 14.6 Å². The number of rotatable bonds is 3. The number of phenolic OH excluding ortho intramolecular Hbond substituents is 1. The smallest absolute Gasteiger partial charge is 0.443 e. The maximum absolute atomic E-state index is 13.9. The summed E-state index contributed by atoms with van der Waals surface area (Å²) in [5, 5.41) is 10.4. The van der Waals surface area contributed by atoms with Gasteiger partial charge in [-0.3, -0.25) is 4.79 Å². The summed E-state index contributed by atoms with van der Waals surface area (Å²) in [6.45, 7) is 7.03. The normalized spacial score (nSPS) is 20.0. The lowest BCUT2D eigenvalue weighted by Crippen LogP contribution is -2.41. The average Bonchev–Trinajstić information content (AvgIpc) is 3.02. The molecule has 1 N–H and O–H groups in total. The van der Waals surface area contributed by atoms with Crippen LogP contribution in [0, 0.1) is 6.92 Å². The molecule has 0 spiro atoms. The zero-order chi connectivity index (χ0) is 20.4. The van der Waals surface area contributed by atoms with Crippen LogP contribution in [-0.2, 0) is 24.2 Å². The first-order valence-electron chi connectivity index (χ1n) is 8.62. The van der Waals surface area contributed by atoms with Crippen LogP contribution in [0.2, 0.25) is 0 Å². The monoisotopic (exact) mass is 398 g/mol. The minimum Gasteiger partial charge on any atom is -0.507 e. The lowest BCUT2D eigenvalue weighted by Gasteiger charge is -2.27. The maximum atomic E-state index is 13.9. The average molecular weight is 398 g/mol. The van der Waals surface area contributed by atoms with Crippen molar-refractivity contribution in [2.24, 2.45) is 4.36 Å². The number of esters is 1. The Morgan fingerprint density at radius 2 is 2.00 bits per heavy atom. The topological polar surface area (TPSA) is 106 Å². The number of carbonyl (C=O) groups is 2. The van der Waals surface area contributed by atoms with Gasteiger partial charge >= 0.3 is 12.1 Å². The van der Waals surface area contributed by atoms with Crippen molar-refractivity contribution in [3.05, 3.63) is 23.8 Å². The van der Waals surface area contributed by atoms with Crippen LogP contribution in [-0.4, -0.2) is 51.0 Å². The molecule has 0 radical (unpaired) electrons. The number of phenols is 1. The van der Waals surface area contributed by atoms with Gasteiger partial charge in [0, 0.05) is 6.54 Å². The Morgan fingerprint density at radius 1 is 1.33 bits per heavy atom. The summed E-state index contributed by atoms with van der Waals surface area (Å²) in [4.78, 5) is 24.4. The Labute approximate surface area is 159 Å². The Bertz CT molecular complexity index is 852. The highest BCUT2D eigenvalue weighted by atomic mass is 32.2. The van der Waals surface area contributed by atoms with E-state index in [0.29, 0.717) is 12.8 Å². The second-order valence-corrected chi connectivity index (χ2v) is 9.45. The van der Waals surface area contributed by atoms with Gasteiger partial charge in [0.05, 0.1) is 7.11 Å². The van der Waals surface area contributed by atoms with E-state index in [2.05, 4.69) is 4.36 Å². The van der Waals surface area contributed by atoms with Crippen molar-refractivity contribution in [1.82, 2.24) is 4.31 Å². The van der Waals surface area contributed by atoms with Crippen molar-refractivity contribution in [2.75, 3.05) is 13.7 Å². The van der Waals surface area contributed by atoms with Crippen LogP contribution < -0.4 is 0 Å². The molecule has 0 aliphatic carbocycles. The van der Waals surface area contributed by atoms with Gasteiger partial charge in [-0.15, -0.1) is 4.36 Å². The van der Waals surface area contributed by atoms with Gasteiger partial charge in [-0.1, -0.05) is 6.07 Å².